The largest absolute Gasteiger partial charge is 0.473 e. The average Bonchev–Trinajstić information content (AvgIpc) is 3.42. The average molecular weight is 406 g/mol. The lowest BCUT2D eigenvalue weighted by Gasteiger charge is -2.34. The molecule has 1 saturated carbocycles. The van der Waals surface area contributed by atoms with Gasteiger partial charge in [-0.15, -0.1) is 0 Å². The van der Waals surface area contributed by atoms with Crippen molar-refractivity contribution < 1.29 is 9.13 Å². The lowest BCUT2D eigenvalue weighted by Crippen LogP contribution is -2.41. The fourth-order valence-electron chi connectivity index (χ4n) is 4.48. The first-order chi connectivity index (χ1) is 14.7. The minimum Gasteiger partial charge on any atom is -0.473 e. The van der Waals surface area contributed by atoms with Gasteiger partial charge < -0.3 is 4.74 Å². The Morgan fingerprint density at radius 2 is 1.97 bits per heavy atom. The SMILES string of the molecule is O=c1n2c(nn1[C@H]1C[C@H](Oc3ncnn4cccc34)C1)CCC2c1ccc(F)cc1. The van der Waals surface area contributed by atoms with Crippen molar-refractivity contribution >= 4 is 5.52 Å². The number of benzene rings is 1. The standard InChI is InChI=1S/C21H19FN6O2/c22-14-5-3-13(4-6-14)17-7-8-19-25-28(21(29)27(17)19)15-10-16(11-15)30-20-18-2-1-9-26(18)24-12-23-20/h1-6,9,12,15-17H,7-8,10-11H2/t15-,16-,17?. The maximum Gasteiger partial charge on any atom is 0.346 e. The maximum atomic E-state index is 13.3. The maximum absolute atomic E-state index is 13.3. The summed E-state index contributed by atoms with van der Waals surface area (Å²) in [6.45, 7) is 0. The van der Waals surface area contributed by atoms with Crippen LogP contribution in [0.3, 0.4) is 0 Å². The van der Waals surface area contributed by atoms with Gasteiger partial charge in [0.1, 0.15) is 29.6 Å². The monoisotopic (exact) mass is 406 g/mol. The third kappa shape index (κ3) is 2.65. The second kappa shape index (κ2) is 6.51. The van der Waals surface area contributed by atoms with Gasteiger partial charge in [0.05, 0.1) is 12.1 Å². The molecule has 1 fully saturated rings. The van der Waals surface area contributed by atoms with Crippen molar-refractivity contribution in [3.05, 3.63) is 76.6 Å². The summed E-state index contributed by atoms with van der Waals surface area (Å²) in [6.07, 6.45) is 6.25. The molecule has 30 heavy (non-hydrogen) atoms. The first kappa shape index (κ1) is 17.4. The minimum atomic E-state index is -0.276. The van der Waals surface area contributed by atoms with Crippen LogP contribution in [0.1, 0.15) is 42.7 Å². The zero-order valence-electron chi connectivity index (χ0n) is 16.1. The highest BCUT2D eigenvalue weighted by molar-refractivity contribution is 5.55. The van der Waals surface area contributed by atoms with Crippen molar-refractivity contribution in [3.8, 4) is 5.88 Å². The van der Waals surface area contributed by atoms with Crippen LogP contribution in [0.4, 0.5) is 4.39 Å². The van der Waals surface area contributed by atoms with Crippen molar-refractivity contribution in [1.82, 2.24) is 28.9 Å². The van der Waals surface area contributed by atoms with Gasteiger partial charge in [-0.25, -0.2) is 18.4 Å². The first-order valence-electron chi connectivity index (χ1n) is 10.1. The van der Waals surface area contributed by atoms with Gasteiger partial charge in [0.25, 0.3) is 0 Å². The Bertz CT molecular complexity index is 1290. The highest BCUT2D eigenvalue weighted by atomic mass is 19.1. The molecule has 8 nitrogen and oxygen atoms in total. The highest BCUT2D eigenvalue weighted by Crippen LogP contribution is 2.36. The molecule has 4 heterocycles. The molecule has 152 valence electrons. The van der Waals surface area contributed by atoms with Gasteiger partial charge >= 0.3 is 5.69 Å². The van der Waals surface area contributed by atoms with Crippen LogP contribution >= 0.6 is 0 Å². The van der Waals surface area contributed by atoms with Crippen LogP contribution in [0.5, 0.6) is 5.88 Å². The molecule has 0 radical (unpaired) electrons. The van der Waals surface area contributed by atoms with E-state index in [4.69, 9.17) is 4.74 Å². The van der Waals surface area contributed by atoms with Crippen LogP contribution in [0.25, 0.3) is 5.52 Å². The van der Waals surface area contributed by atoms with Crippen LogP contribution in [-0.4, -0.2) is 35.0 Å². The summed E-state index contributed by atoms with van der Waals surface area (Å²) >= 11 is 0. The van der Waals surface area contributed by atoms with Crippen molar-refractivity contribution in [2.75, 3.05) is 0 Å². The predicted octanol–water partition coefficient (Wildman–Crippen LogP) is 2.54. The third-order valence-corrected chi connectivity index (χ3v) is 6.10. The van der Waals surface area contributed by atoms with Gasteiger partial charge in [-0.05, 0) is 36.2 Å². The lowest BCUT2D eigenvalue weighted by molar-refractivity contribution is 0.0593. The van der Waals surface area contributed by atoms with Gasteiger partial charge in [-0.2, -0.15) is 15.2 Å². The van der Waals surface area contributed by atoms with E-state index in [2.05, 4.69) is 15.2 Å². The van der Waals surface area contributed by atoms with Crippen molar-refractivity contribution in [3.63, 3.8) is 0 Å². The molecule has 6 rings (SSSR count). The van der Waals surface area contributed by atoms with E-state index in [1.165, 1.54) is 18.5 Å². The Labute approximate surface area is 170 Å². The molecule has 2 aliphatic rings. The van der Waals surface area contributed by atoms with Crippen LogP contribution in [0, 0.1) is 5.82 Å². The summed E-state index contributed by atoms with van der Waals surface area (Å²) in [5.74, 6) is 1.07. The first-order valence-corrected chi connectivity index (χ1v) is 10.1. The minimum absolute atomic E-state index is 0.0131. The molecule has 0 bridgehead atoms. The van der Waals surface area contributed by atoms with E-state index in [0.29, 0.717) is 18.7 Å². The third-order valence-electron chi connectivity index (χ3n) is 6.10. The summed E-state index contributed by atoms with van der Waals surface area (Å²) < 4.78 is 24.4. The molecule has 1 aliphatic carbocycles. The van der Waals surface area contributed by atoms with Crippen molar-refractivity contribution in [1.29, 1.82) is 0 Å². The van der Waals surface area contributed by atoms with Crippen LogP contribution in [0.15, 0.2) is 53.7 Å². The van der Waals surface area contributed by atoms with Gasteiger partial charge in [0.2, 0.25) is 5.88 Å². The van der Waals surface area contributed by atoms with Crippen LogP contribution in [0.2, 0.25) is 0 Å². The molecule has 0 saturated heterocycles. The van der Waals surface area contributed by atoms with Gasteiger partial charge in [0, 0.05) is 25.5 Å². The van der Waals surface area contributed by atoms with Crippen LogP contribution in [-0.2, 0) is 6.42 Å². The fraction of sp³-hybridized carbons (Fsp3) is 0.333. The van der Waals surface area contributed by atoms with E-state index in [1.54, 1.807) is 25.9 Å². The molecular formula is C21H19FN6O2. The van der Waals surface area contributed by atoms with E-state index < -0.39 is 0 Å². The van der Waals surface area contributed by atoms with Crippen molar-refractivity contribution in [2.24, 2.45) is 0 Å². The highest BCUT2D eigenvalue weighted by Gasteiger charge is 2.38. The summed E-state index contributed by atoms with van der Waals surface area (Å²) in [4.78, 5) is 17.3. The lowest BCUT2D eigenvalue weighted by atomic mass is 9.89. The zero-order valence-corrected chi connectivity index (χ0v) is 16.1. The molecule has 0 N–H and O–H groups in total. The number of nitrogens with zero attached hydrogens (tertiary/aromatic N) is 6. The molecule has 4 aromatic rings. The number of hydrogen-bond donors (Lipinski definition) is 0. The number of hydrogen-bond acceptors (Lipinski definition) is 5. The molecule has 3 aromatic heterocycles. The Morgan fingerprint density at radius 1 is 1.13 bits per heavy atom. The van der Waals surface area contributed by atoms with Crippen molar-refractivity contribution in [2.45, 2.75) is 43.9 Å². The second-order valence-electron chi connectivity index (χ2n) is 7.89. The Kier molecular flexibility index (Phi) is 3.77. The van der Waals surface area contributed by atoms with Gasteiger partial charge in [0.15, 0.2) is 0 Å². The molecule has 1 aromatic carbocycles. The Hall–Kier alpha value is -3.49. The quantitative estimate of drug-likeness (QED) is 0.520. The topological polar surface area (TPSA) is 79.2 Å². The normalized spacial score (nSPS) is 22.8. The number of aromatic nitrogens is 6. The molecule has 0 spiro atoms. The number of fused-ring (bicyclic) bond motifs is 2. The van der Waals surface area contributed by atoms with E-state index >= 15 is 0 Å². The number of halogens is 1. The van der Waals surface area contributed by atoms with E-state index in [9.17, 15) is 9.18 Å². The molecule has 9 heteroatoms. The summed E-state index contributed by atoms with van der Waals surface area (Å²) in [5.41, 5.74) is 1.66. The Morgan fingerprint density at radius 3 is 2.80 bits per heavy atom. The molecule has 0 amide bonds. The molecule has 1 unspecified atom stereocenters. The van der Waals surface area contributed by atoms with Crippen LogP contribution < -0.4 is 10.4 Å². The Balaban J connectivity index is 1.20. The molecule has 1 aliphatic heterocycles. The second-order valence-corrected chi connectivity index (χ2v) is 7.89. The zero-order chi connectivity index (χ0) is 20.2. The predicted molar refractivity (Wildman–Crippen MR) is 105 cm³/mol. The van der Waals surface area contributed by atoms with Gasteiger partial charge in [-0.1, -0.05) is 12.1 Å². The molecule has 1 atom stereocenters. The van der Waals surface area contributed by atoms with Gasteiger partial charge in [-0.3, -0.25) is 4.57 Å². The number of aryl methyl sites for hydroxylation is 1. The summed E-state index contributed by atoms with van der Waals surface area (Å²) in [7, 11) is 0. The van der Waals surface area contributed by atoms with E-state index in [-0.39, 0.29) is 29.7 Å². The van der Waals surface area contributed by atoms with E-state index in [1.807, 2.05) is 18.3 Å². The molecular weight excluding hydrogens is 387 g/mol. The summed E-state index contributed by atoms with van der Waals surface area (Å²) in [6, 6.07) is 10.1. The summed E-state index contributed by atoms with van der Waals surface area (Å²) in [5, 5.41) is 8.74. The fourth-order valence-corrected chi connectivity index (χ4v) is 4.48. The number of rotatable bonds is 4. The van der Waals surface area contributed by atoms with E-state index in [0.717, 1.165) is 29.7 Å². The smallest absolute Gasteiger partial charge is 0.346 e. The number of ether oxygens (including phenoxy) is 1.